The minimum atomic E-state index is 0.208. The fraction of sp³-hybridized carbons (Fsp3) is 0.444. The molecule has 0 bridgehead atoms. The Morgan fingerprint density at radius 3 is 2.20 bits per heavy atom. The Labute approximate surface area is 62.7 Å². The molecule has 0 aromatic rings. The van der Waals surface area contributed by atoms with Crippen molar-refractivity contribution in [3.63, 3.8) is 0 Å². The fourth-order valence-corrected chi connectivity index (χ4v) is 0.443. The average molecular weight is 135 g/mol. The maximum atomic E-state index is 8.12. The molecular formula is C9H13N. The number of allylic oxidation sites excluding steroid dienone is 4. The molecule has 1 heteroatoms. The standard InChI is InChI=1S/C9H13N/c1-9(2,3)7-5-4-6-8-10/h4-7H,1-3H3/b6-4-,7-5-. The van der Waals surface area contributed by atoms with Crippen LogP contribution in [0.15, 0.2) is 24.3 Å². The van der Waals surface area contributed by atoms with Crippen molar-refractivity contribution in [3.8, 4) is 6.07 Å². The van der Waals surface area contributed by atoms with Gasteiger partial charge in [-0.25, -0.2) is 0 Å². The third-order valence-electron chi connectivity index (χ3n) is 0.878. The first-order chi connectivity index (χ1) is 4.56. The van der Waals surface area contributed by atoms with Crippen molar-refractivity contribution >= 4 is 0 Å². The highest BCUT2D eigenvalue weighted by atomic mass is 14.2. The van der Waals surface area contributed by atoms with Gasteiger partial charge in [-0.2, -0.15) is 5.26 Å². The van der Waals surface area contributed by atoms with Gasteiger partial charge in [0, 0.05) is 6.08 Å². The van der Waals surface area contributed by atoms with Gasteiger partial charge in [0.2, 0.25) is 0 Å². The number of rotatable bonds is 1. The Hall–Kier alpha value is -1.03. The summed E-state index contributed by atoms with van der Waals surface area (Å²) in [6.07, 6.45) is 7.15. The van der Waals surface area contributed by atoms with E-state index >= 15 is 0 Å². The lowest BCUT2D eigenvalue weighted by Crippen LogP contribution is -1.97. The Morgan fingerprint density at radius 1 is 1.20 bits per heavy atom. The van der Waals surface area contributed by atoms with Crippen LogP contribution in [-0.4, -0.2) is 0 Å². The topological polar surface area (TPSA) is 23.8 Å². The van der Waals surface area contributed by atoms with Gasteiger partial charge in [0.15, 0.2) is 0 Å². The number of nitriles is 1. The summed E-state index contributed by atoms with van der Waals surface area (Å²) in [7, 11) is 0. The van der Waals surface area contributed by atoms with Gasteiger partial charge in [-0.05, 0) is 5.41 Å². The lowest BCUT2D eigenvalue weighted by Gasteiger charge is -2.09. The van der Waals surface area contributed by atoms with Crippen LogP contribution < -0.4 is 0 Å². The van der Waals surface area contributed by atoms with Gasteiger partial charge in [0.25, 0.3) is 0 Å². The zero-order chi connectivity index (χ0) is 8.04. The van der Waals surface area contributed by atoms with E-state index in [4.69, 9.17) is 5.26 Å². The van der Waals surface area contributed by atoms with Gasteiger partial charge in [-0.15, -0.1) is 0 Å². The third kappa shape index (κ3) is 6.97. The SMILES string of the molecule is CC(C)(C)/C=C\C=C/C#N. The molecule has 0 spiro atoms. The second-order valence-electron chi connectivity index (χ2n) is 3.21. The molecular weight excluding hydrogens is 122 g/mol. The molecule has 1 nitrogen and oxygen atoms in total. The van der Waals surface area contributed by atoms with E-state index in [9.17, 15) is 0 Å². The van der Waals surface area contributed by atoms with Crippen molar-refractivity contribution in [1.82, 2.24) is 0 Å². The maximum Gasteiger partial charge on any atom is 0.0912 e. The number of hydrogen-bond acceptors (Lipinski definition) is 1. The van der Waals surface area contributed by atoms with E-state index in [1.807, 2.05) is 12.1 Å². The first-order valence-electron chi connectivity index (χ1n) is 3.30. The fourth-order valence-electron chi connectivity index (χ4n) is 0.443. The predicted molar refractivity (Wildman–Crippen MR) is 43.3 cm³/mol. The first kappa shape index (κ1) is 8.97. The van der Waals surface area contributed by atoms with E-state index < -0.39 is 0 Å². The van der Waals surface area contributed by atoms with Crippen LogP contribution in [0.4, 0.5) is 0 Å². The van der Waals surface area contributed by atoms with Crippen LogP contribution in [0.3, 0.4) is 0 Å². The molecule has 0 aliphatic heterocycles. The van der Waals surface area contributed by atoms with E-state index in [1.54, 1.807) is 6.08 Å². The van der Waals surface area contributed by atoms with Gasteiger partial charge >= 0.3 is 0 Å². The molecule has 0 amide bonds. The van der Waals surface area contributed by atoms with Gasteiger partial charge in [-0.1, -0.05) is 39.0 Å². The van der Waals surface area contributed by atoms with Crippen molar-refractivity contribution in [2.45, 2.75) is 20.8 Å². The van der Waals surface area contributed by atoms with Gasteiger partial charge in [-0.3, -0.25) is 0 Å². The number of nitrogens with zero attached hydrogens (tertiary/aromatic N) is 1. The van der Waals surface area contributed by atoms with Crippen molar-refractivity contribution < 1.29 is 0 Å². The molecule has 0 N–H and O–H groups in total. The summed E-state index contributed by atoms with van der Waals surface area (Å²) in [6.45, 7) is 6.34. The normalized spacial score (nSPS) is 12.6. The summed E-state index contributed by atoms with van der Waals surface area (Å²) in [5.74, 6) is 0. The lowest BCUT2D eigenvalue weighted by molar-refractivity contribution is 0.544. The lowest BCUT2D eigenvalue weighted by atomic mass is 9.96. The Kier molecular flexibility index (Phi) is 3.49. The van der Waals surface area contributed by atoms with Crippen molar-refractivity contribution in [2.75, 3.05) is 0 Å². The number of hydrogen-bond donors (Lipinski definition) is 0. The van der Waals surface area contributed by atoms with E-state index in [-0.39, 0.29) is 5.41 Å². The largest absolute Gasteiger partial charge is 0.193 e. The summed E-state index contributed by atoms with van der Waals surface area (Å²) in [5.41, 5.74) is 0.208. The summed E-state index contributed by atoms with van der Waals surface area (Å²) < 4.78 is 0. The van der Waals surface area contributed by atoms with Crippen molar-refractivity contribution in [3.05, 3.63) is 24.3 Å². The highest BCUT2D eigenvalue weighted by Crippen LogP contribution is 2.13. The Bertz CT molecular complexity index is 174. The van der Waals surface area contributed by atoms with E-state index in [1.165, 1.54) is 6.08 Å². The molecule has 0 saturated carbocycles. The molecule has 0 saturated heterocycles. The maximum absolute atomic E-state index is 8.12. The summed E-state index contributed by atoms with van der Waals surface area (Å²) in [5, 5.41) is 8.12. The van der Waals surface area contributed by atoms with E-state index in [0.29, 0.717) is 0 Å². The average Bonchev–Trinajstić information content (AvgIpc) is 1.78. The van der Waals surface area contributed by atoms with Gasteiger partial charge in [0.05, 0.1) is 6.07 Å². The van der Waals surface area contributed by atoms with Crippen molar-refractivity contribution in [1.29, 1.82) is 5.26 Å². The van der Waals surface area contributed by atoms with Crippen LogP contribution in [0, 0.1) is 16.7 Å². The third-order valence-corrected chi connectivity index (χ3v) is 0.878. The molecule has 0 heterocycles. The minimum Gasteiger partial charge on any atom is -0.193 e. The molecule has 0 rings (SSSR count). The second-order valence-corrected chi connectivity index (χ2v) is 3.21. The molecule has 0 aliphatic carbocycles. The molecule has 54 valence electrons. The van der Waals surface area contributed by atoms with Crippen LogP contribution in [0.2, 0.25) is 0 Å². The smallest absolute Gasteiger partial charge is 0.0912 e. The van der Waals surface area contributed by atoms with Crippen LogP contribution in [0.25, 0.3) is 0 Å². The molecule has 0 radical (unpaired) electrons. The highest BCUT2D eigenvalue weighted by molar-refractivity contribution is 5.13. The Balaban J connectivity index is 3.81. The summed E-state index contributed by atoms with van der Waals surface area (Å²) in [6, 6.07) is 1.92. The molecule has 0 aromatic carbocycles. The van der Waals surface area contributed by atoms with Crippen LogP contribution >= 0.6 is 0 Å². The second kappa shape index (κ2) is 3.90. The molecule has 0 aromatic heterocycles. The quantitative estimate of drug-likeness (QED) is 0.400. The highest BCUT2D eigenvalue weighted by Gasteiger charge is 2.01. The van der Waals surface area contributed by atoms with Gasteiger partial charge < -0.3 is 0 Å². The molecule has 10 heavy (non-hydrogen) atoms. The first-order valence-corrected chi connectivity index (χ1v) is 3.30. The molecule has 0 atom stereocenters. The van der Waals surface area contributed by atoms with E-state index in [0.717, 1.165) is 0 Å². The zero-order valence-electron chi connectivity index (χ0n) is 6.76. The predicted octanol–water partition coefficient (Wildman–Crippen LogP) is 2.67. The van der Waals surface area contributed by atoms with Crippen LogP contribution in [-0.2, 0) is 0 Å². The molecule has 0 unspecified atom stereocenters. The minimum absolute atomic E-state index is 0.208. The van der Waals surface area contributed by atoms with Crippen LogP contribution in [0.5, 0.6) is 0 Å². The van der Waals surface area contributed by atoms with Gasteiger partial charge in [0.1, 0.15) is 0 Å². The van der Waals surface area contributed by atoms with Crippen molar-refractivity contribution in [2.24, 2.45) is 5.41 Å². The van der Waals surface area contributed by atoms with E-state index in [2.05, 4.69) is 26.8 Å². The molecule has 0 aliphatic rings. The zero-order valence-corrected chi connectivity index (χ0v) is 6.76. The summed E-state index contributed by atoms with van der Waals surface area (Å²) in [4.78, 5) is 0. The molecule has 0 fully saturated rings. The monoisotopic (exact) mass is 135 g/mol. The van der Waals surface area contributed by atoms with Crippen LogP contribution in [0.1, 0.15) is 20.8 Å². The summed E-state index contributed by atoms with van der Waals surface area (Å²) >= 11 is 0. The Morgan fingerprint density at radius 2 is 1.80 bits per heavy atom.